The highest BCUT2D eigenvalue weighted by molar-refractivity contribution is 8.00. The molecular formula is C15H27N5S. The van der Waals surface area contributed by atoms with E-state index >= 15 is 0 Å². The van der Waals surface area contributed by atoms with Gasteiger partial charge in [0.15, 0.2) is 5.96 Å². The van der Waals surface area contributed by atoms with Crippen LogP contribution in [0.3, 0.4) is 0 Å². The third-order valence-corrected chi connectivity index (χ3v) is 5.16. The van der Waals surface area contributed by atoms with E-state index in [0.29, 0.717) is 0 Å². The van der Waals surface area contributed by atoms with Gasteiger partial charge >= 0.3 is 0 Å². The van der Waals surface area contributed by atoms with Gasteiger partial charge in [-0.1, -0.05) is 6.92 Å². The van der Waals surface area contributed by atoms with Gasteiger partial charge in [0.25, 0.3) is 0 Å². The number of nitrogens with zero attached hydrogens (tertiary/aromatic N) is 4. The van der Waals surface area contributed by atoms with E-state index in [-0.39, 0.29) is 0 Å². The number of rotatable bonds is 5. The standard InChI is InChI=1S/C15H27N5S/c1-4-14-12-20(8-9-21-14)15(16-2)17-7-5-6-13-10-18-19(3)11-13/h10-11,14H,4-9,12H2,1-3H3,(H,16,17). The maximum atomic E-state index is 4.43. The van der Waals surface area contributed by atoms with E-state index in [1.165, 1.54) is 17.7 Å². The molecule has 1 aromatic heterocycles. The molecule has 5 nitrogen and oxygen atoms in total. The number of aliphatic imine (C=N–C) groups is 1. The van der Waals surface area contributed by atoms with Crippen molar-refractivity contribution < 1.29 is 0 Å². The highest BCUT2D eigenvalue weighted by Crippen LogP contribution is 2.20. The minimum Gasteiger partial charge on any atom is -0.356 e. The molecule has 1 aromatic rings. The number of thioether (sulfide) groups is 1. The van der Waals surface area contributed by atoms with Crippen molar-refractivity contribution in [1.82, 2.24) is 20.0 Å². The van der Waals surface area contributed by atoms with Crippen molar-refractivity contribution in [2.24, 2.45) is 12.0 Å². The zero-order chi connectivity index (χ0) is 15.1. The predicted octanol–water partition coefficient (Wildman–Crippen LogP) is 1.76. The van der Waals surface area contributed by atoms with E-state index in [0.717, 1.165) is 43.7 Å². The molecule has 0 aliphatic carbocycles. The average Bonchev–Trinajstić information content (AvgIpc) is 2.93. The molecule has 1 fully saturated rings. The number of hydrogen-bond donors (Lipinski definition) is 1. The van der Waals surface area contributed by atoms with E-state index in [9.17, 15) is 0 Å². The Morgan fingerprint density at radius 3 is 3.10 bits per heavy atom. The van der Waals surface area contributed by atoms with Gasteiger partial charge in [0.05, 0.1) is 6.20 Å². The van der Waals surface area contributed by atoms with Gasteiger partial charge in [-0.25, -0.2) is 0 Å². The normalized spacial score (nSPS) is 19.9. The van der Waals surface area contributed by atoms with Gasteiger partial charge in [-0.05, 0) is 24.8 Å². The third kappa shape index (κ3) is 4.95. The number of nitrogens with one attached hydrogen (secondary N) is 1. The van der Waals surface area contributed by atoms with Gasteiger partial charge in [-0.2, -0.15) is 16.9 Å². The monoisotopic (exact) mass is 309 g/mol. The molecule has 1 aliphatic rings. The lowest BCUT2D eigenvalue weighted by atomic mass is 10.2. The molecule has 0 spiro atoms. The van der Waals surface area contributed by atoms with Crippen molar-refractivity contribution in [3.8, 4) is 0 Å². The van der Waals surface area contributed by atoms with E-state index in [1.807, 2.05) is 25.0 Å². The first-order chi connectivity index (χ1) is 10.2. The van der Waals surface area contributed by atoms with E-state index in [4.69, 9.17) is 0 Å². The quantitative estimate of drug-likeness (QED) is 0.511. The number of hydrogen-bond acceptors (Lipinski definition) is 3. The Morgan fingerprint density at radius 2 is 2.43 bits per heavy atom. The fourth-order valence-electron chi connectivity index (χ4n) is 2.58. The lowest BCUT2D eigenvalue weighted by molar-refractivity contribution is 0.408. The van der Waals surface area contributed by atoms with Crippen LogP contribution in [0.25, 0.3) is 0 Å². The van der Waals surface area contributed by atoms with Crippen molar-refractivity contribution in [2.45, 2.75) is 31.4 Å². The fraction of sp³-hybridized carbons (Fsp3) is 0.733. The summed E-state index contributed by atoms with van der Waals surface area (Å²) in [5.74, 6) is 2.26. The highest BCUT2D eigenvalue weighted by Gasteiger charge is 2.21. The van der Waals surface area contributed by atoms with Crippen molar-refractivity contribution in [3.05, 3.63) is 18.0 Å². The molecule has 1 aliphatic heterocycles. The van der Waals surface area contributed by atoms with E-state index in [1.54, 1.807) is 0 Å². The van der Waals surface area contributed by atoms with Crippen LogP contribution in [0, 0.1) is 0 Å². The second-order valence-corrected chi connectivity index (χ2v) is 6.86. The van der Waals surface area contributed by atoms with Crippen LogP contribution in [-0.4, -0.2) is 58.3 Å². The summed E-state index contributed by atoms with van der Waals surface area (Å²) in [5.41, 5.74) is 1.30. The lowest BCUT2D eigenvalue weighted by Crippen LogP contribution is -2.48. The first-order valence-electron chi connectivity index (χ1n) is 7.77. The largest absolute Gasteiger partial charge is 0.356 e. The second-order valence-electron chi connectivity index (χ2n) is 5.45. The average molecular weight is 309 g/mol. The van der Waals surface area contributed by atoms with Crippen LogP contribution in [0.15, 0.2) is 17.4 Å². The molecule has 1 saturated heterocycles. The Labute approximate surface area is 132 Å². The zero-order valence-electron chi connectivity index (χ0n) is 13.4. The topological polar surface area (TPSA) is 45.4 Å². The van der Waals surface area contributed by atoms with Crippen LogP contribution >= 0.6 is 11.8 Å². The van der Waals surface area contributed by atoms with Crippen LogP contribution in [0.4, 0.5) is 0 Å². The maximum absolute atomic E-state index is 4.43. The number of aromatic nitrogens is 2. The van der Waals surface area contributed by atoms with Crippen molar-refractivity contribution in [2.75, 3.05) is 32.4 Å². The molecule has 21 heavy (non-hydrogen) atoms. The summed E-state index contributed by atoms with van der Waals surface area (Å²) in [5, 5.41) is 8.44. The van der Waals surface area contributed by atoms with Crippen LogP contribution < -0.4 is 5.32 Å². The van der Waals surface area contributed by atoms with Crippen LogP contribution in [-0.2, 0) is 13.5 Å². The minimum atomic E-state index is 0.743. The van der Waals surface area contributed by atoms with Crippen molar-refractivity contribution >= 4 is 17.7 Å². The molecule has 1 unspecified atom stereocenters. The molecule has 0 saturated carbocycles. The number of guanidine groups is 1. The number of aryl methyl sites for hydroxylation is 2. The summed E-state index contributed by atoms with van der Waals surface area (Å²) in [6.45, 7) is 5.44. The first kappa shape index (κ1) is 16.2. The fourth-order valence-corrected chi connectivity index (χ4v) is 3.76. The molecule has 0 radical (unpaired) electrons. The van der Waals surface area contributed by atoms with Crippen molar-refractivity contribution in [3.63, 3.8) is 0 Å². The van der Waals surface area contributed by atoms with Gasteiger partial charge in [-0.15, -0.1) is 0 Å². The SMILES string of the molecule is CCC1CN(C(=NC)NCCCc2cnn(C)c2)CCS1. The van der Waals surface area contributed by atoms with Gasteiger partial charge < -0.3 is 10.2 Å². The summed E-state index contributed by atoms with van der Waals surface area (Å²) in [7, 11) is 3.84. The third-order valence-electron chi connectivity index (χ3n) is 3.79. The summed E-state index contributed by atoms with van der Waals surface area (Å²) >= 11 is 2.09. The predicted molar refractivity (Wildman–Crippen MR) is 91.0 cm³/mol. The second kappa shape index (κ2) is 8.32. The van der Waals surface area contributed by atoms with Gasteiger partial charge in [-0.3, -0.25) is 9.67 Å². The summed E-state index contributed by atoms with van der Waals surface area (Å²) in [6.07, 6.45) is 7.43. The summed E-state index contributed by atoms with van der Waals surface area (Å²) < 4.78 is 1.86. The van der Waals surface area contributed by atoms with Gasteiger partial charge in [0.1, 0.15) is 0 Å². The van der Waals surface area contributed by atoms with E-state index in [2.05, 4.69) is 45.2 Å². The molecule has 1 atom stereocenters. The molecule has 118 valence electrons. The van der Waals surface area contributed by atoms with Crippen molar-refractivity contribution in [1.29, 1.82) is 0 Å². The van der Waals surface area contributed by atoms with Gasteiger partial charge in [0.2, 0.25) is 0 Å². The molecular weight excluding hydrogens is 282 g/mol. The molecule has 0 bridgehead atoms. The maximum Gasteiger partial charge on any atom is 0.193 e. The first-order valence-corrected chi connectivity index (χ1v) is 8.82. The van der Waals surface area contributed by atoms with Crippen LogP contribution in [0.1, 0.15) is 25.3 Å². The van der Waals surface area contributed by atoms with Crippen LogP contribution in [0.2, 0.25) is 0 Å². The Bertz CT molecular complexity index is 457. The Balaban J connectivity index is 1.72. The molecule has 2 heterocycles. The minimum absolute atomic E-state index is 0.743. The lowest BCUT2D eigenvalue weighted by Gasteiger charge is -2.34. The van der Waals surface area contributed by atoms with E-state index < -0.39 is 0 Å². The molecule has 2 rings (SSSR count). The molecule has 0 aromatic carbocycles. The zero-order valence-corrected chi connectivity index (χ0v) is 14.2. The smallest absolute Gasteiger partial charge is 0.193 e. The molecule has 0 amide bonds. The highest BCUT2D eigenvalue weighted by atomic mass is 32.2. The Kier molecular flexibility index (Phi) is 6.42. The molecule has 1 N–H and O–H groups in total. The van der Waals surface area contributed by atoms with Crippen LogP contribution in [0.5, 0.6) is 0 Å². The molecule has 6 heteroatoms. The Morgan fingerprint density at radius 1 is 1.57 bits per heavy atom. The van der Waals surface area contributed by atoms with Gasteiger partial charge in [0, 0.05) is 50.9 Å². The summed E-state index contributed by atoms with van der Waals surface area (Å²) in [6, 6.07) is 0. The Hall–Kier alpha value is -1.17. The summed E-state index contributed by atoms with van der Waals surface area (Å²) in [4.78, 5) is 6.83.